The second-order valence-corrected chi connectivity index (χ2v) is 5.11. The molecular formula is C15H22N2O3. The largest absolute Gasteiger partial charge is 0.394 e. The van der Waals surface area contributed by atoms with Gasteiger partial charge in [-0.25, -0.2) is 0 Å². The fourth-order valence-corrected chi connectivity index (χ4v) is 2.35. The van der Waals surface area contributed by atoms with Gasteiger partial charge in [0, 0.05) is 13.1 Å². The monoisotopic (exact) mass is 278 g/mol. The number of benzene rings is 1. The third-order valence-electron chi connectivity index (χ3n) is 3.47. The van der Waals surface area contributed by atoms with Gasteiger partial charge in [0.2, 0.25) is 5.91 Å². The van der Waals surface area contributed by atoms with Crippen LogP contribution < -0.4 is 5.32 Å². The van der Waals surface area contributed by atoms with E-state index >= 15 is 0 Å². The molecule has 0 saturated carbocycles. The van der Waals surface area contributed by atoms with Gasteiger partial charge >= 0.3 is 0 Å². The molecule has 5 nitrogen and oxygen atoms in total. The molecule has 20 heavy (non-hydrogen) atoms. The summed E-state index contributed by atoms with van der Waals surface area (Å²) in [5.41, 5.74) is 1.09. The van der Waals surface area contributed by atoms with Crippen molar-refractivity contribution in [2.75, 3.05) is 32.8 Å². The van der Waals surface area contributed by atoms with E-state index < -0.39 is 0 Å². The number of nitrogens with zero attached hydrogens (tertiary/aromatic N) is 1. The number of aliphatic hydroxyl groups is 1. The highest BCUT2D eigenvalue weighted by Gasteiger charge is 2.21. The maximum atomic E-state index is 12.0. The Bertz CT molecular complexity index is 424. The van der Waals surface area contributed by atoms with Crippen LogP contribution >= 0.6 is 0 Å². The molecule has 1 amide bonds. The number of nitrogens with one attached hydrogen (secondary N) is 1. The van der Waals surface area contributed by atoms with Crippen molar-refractivity contribution >= 4 is 5.91 Å². The predicted octanol–water partition coefficient (Wildman–Crippen LogP) is 0.557. The minimum absolute atomic E-state index is 0.0000529. The maximum absolute atomic E-state index is 12.0. The first kappa shape index (κ1) is 15.0. The summed E-state index contributed by atoms with van der Waals surface area (Å²) in [5.74, 6) is -0.0000529. The standard InChI is InChI=1S/C15H22N2O3/c1-12(13-5-3-2-4-6-13)16-15(19)10-17-7-8-20-14(9-17)11-18/h2-6,12,14,18H,7-11H2,1H3,(H,16,19). The molecule has 0 aliphatic carbocycles. The molecule has 1 aliphatic rings. The van der Waals surface area contributed by atoms with Crippen LogP contribution in [0.2, 0.25) is 0 Å². The molecule has 110 valence electrons. The summed E-state index contributed by atoms with van der Waals surface area (Å²) in [6.07, 6.45) is -0.178. The zero-order valence-electron chi connectivity index (χ0n) is 11.8. The van der Waals surface area contributed by atoms with E-state index in [1.807, 2.05) is 42.2 Å². The Hall–Kier alpha value is -1.43. The third kappa shape index (κ3) is 4.30. The van der Waals surface area contributed by atoms with Gasteiger partial charge in [-0.05, 0) is 12.5 Å². The van der Waals surface area contributed by atoms with Crippen LogP contribution in [0.1, 0.15) is 18.5 Å². The summed E-state index contributed by atoms with van der Waals surface area (Å²) < 4.78 is 5.37. The van der Waals surface area contributed by atoms with Crippen LogP contribution in [0.3, 0.4) is 0 Å². The summed E-state index contributed by atoms with van der Waals surface area (Å²) in [7, 11) is 0. The van der Waals surface area contributed by atoms with Gasteiger partial charge in [-0.1, -0.05) is 30.3 Å². The Morgan fingerprint density at radius 2 is 2.25 bits per heavy atom. The van der Waals surface area contributed by atoms with Crippen molar-refractivity contribution in [3.63, 3.8) is 0 Å². The molecule has 1 fully saturated rings. The summed E-state index contributed by atoms with van der Waals surface area (Å²) in [4.78, 5) is 14.0. The smallest absolute Gasteiger partial charge is 0.234 e. The number of hydrogen-bond acceptors (Lipinski definition) is 4. The Balaban J connectivity index is 1.80. The second-order valence-electron chi connectivity index (χ2n) is 5.11. The van der Waals surface area contributed by atoms with Gasteiger partial charge in [-0.3, -0.25) is 9.69 Å². The first-order valence-electron chi connectivity index (χ1n) is 6.98. The quantitative estimate of drug-likeness (QED) is 0.826. The fourth-order valence-electron chi connectivity index (χ4n) is 2.35. The highest BCUT2D eigenvalue weighted by Crippen LogP contribution is 2.11. The molecule has 2 N–H and O–H groups in total. The predicted molar refractivity (Wildman–Crippen MR) is 76.3 cm³/mol. The molecular weight excluding hydrogens is 256 g/mol. The van der Waals surface area contributed by atoms with E-state index in [-0.39, 0.29) is 24.7 Å². The molecule has 0 radical (unpaired) electrons. The van der Waals surface area contributed by atoms with Crippen LogP contribution in [0.15, 0.2) is 30.3 Å². The average molecular weight is 278 g/mol. The minimum Gasteiger partial charge on any atom is -0.394 e. The normalized spacial score (nSPS) is 21.4. The van der Waals surface area contributed by atoms with E-state index in [9.17, 15) is 4.79 Å². The van der Waals surface area contributed by atoms with Gasteiger partial charge in [0.15, 0.2) is 0 Å². The molecule has 2 unspecified atom stereocenters. The Morgan fingerprint density at radius 1 is 1.50 bits per heavy atom. The first-order valence-corrected chi connectivity index (χ1v) is 6.98. The van der Waals surface area contributed by atoms with E-state index in [2.05, 4.69) is 5.32 Å². The highest BCUT2D eigenvalue weighted by molar-refractivity contribution is 5.78. The molecule has 1 aliphatic heterocycles. The number of carbonyl (C=O) groups excluding carboxylic acids is 1. The minimum atomic E-state index is -0.178. The molecule has 1 saturated heterocycles. The number of carbonyl (C=O) groups is 1. The van der Waals surface area contributed by atoms with E-state index in [0.29, 0.717) is 19.7 Å². The van der Waals surface area contributed by atoms with Gasteiger partial charge < -0.3 is 15.2 Å². The lowest BCUT2D eigenvalue weighted by Crippen LogP contribution is -2.48. The SMILES string of the molecule is CC(NC(=O)CN1CCOC(CO)C1)c1ccccc1. The molecule has 2 rings (SSSR count). The highest BCUT2D eigenvalue weighted by atomic mass is 16.5. The van der Waals surface area contributed by atoms with Gasteiger partial charge in [0.25, 0.3) is 0 Å². The third-order valence-corrected chi connectivity index (χ3v) is 3.47. The number of aliphatic hydroxyl groups excluding tert-OH is 1. The number of amides is 1. The maximum Gasteiger partial charge on any atom is 0.234 e. The Labute approximate surface area is 119 Å². The number of ether oxygens (including phenoxy) is 1. The molecule has 2 atom stereocenters. The molecule has 0 bridgehead atoms. The Kier molecular flexibility index (Phi) is 5.52. The van der Waals surface area contributed by atoms with Crippen LogP contribution in [0.5, 0.6) is 0 Å². The van der Waals surface area contributed by atoms with Crippen molar-refractivity contribution in [3.8, 4) is 0 Å². The Morgan fingerprint density at radius 3 is 2.95 bits per heavy atom. The van der Waals surface area contributed by atoms with Crippen LogP contribution in [0.4, 0.5) is 0 Å². The summed E-state index contributed by atoms with van der Waals surface area (Å²) in [6, 6.07) is 9.89. The molecule has 1 aromatic carbocycles. The van der Waals surface area contributed by atoms with Crippen LogP contribution in [0, 0.1) is 0 Å². The number of hydrogen-bond donors (Lipinski definition) is 2. The molecule has 0 aromatic heterocycles. The first-order chi connectivity index (χ1) is 9.69. The second kappa shape index (κ2) is 7.38. The van der Waals surface area contributed by atoms with Gasteiger partial charge in [-0.15, -0.1) is 0 Å². The van der Waals surface area contributed by atoms with Crippen molar-refractivity contribution in [1.29, 1.82) is 0 Å². The van der Waals surface area contributed by atoms with Crippen LogP contribution in [-0.2, 0) is 9.53 Å². The lowest BCUT2D eigenvalue weighted by Gasteiger charge is -2.31. The van der Waals surface area contributed by atoms with Gasteiger partial charge in [0.1, 0.15) is 0 Å². The van der Waals surface area contributed by atoms with E-state index in [1.54, 1.807) is 0 Å². The van der Waals surface area contributed by atoms with E-state index in [0.717, 1.165) is 12.1 Å². The zero-order valence-corrected chi connectivity index (χ0v) is 11.8. The van der Waals surface area contributed by atoms with Gasteiger partial charge in [0.05, 0.1) is 31.9 Å². The fraction of sp³-hybridized carbons (Fsp3) is 0.533. The van der Waals surface area contributed by atoms with Crippen molar-refractivity contribution in [1.82, 2.24) is 10.2 Å². The van der Waals surface area contributed by atoms with Crippen molar-refractivity contribution < 1.29 is 14.6 Å². The lowest BCUT2D eigenvalue weighted by atomic mass is 10.1. The zero-order chi connectivity index (χ0) is 14.4. The van der Waals surface area contributed by atoms with Crippen molar-refractivity contribution in [2.45, 2.75) is 19.1 Å². The van der Waals surface area contributed by atoms with Crippen LogP contribution in [-0.4, -0.2) is 54.9 Å². The summed E-state index contributed by atoms with van der Waals surface area (Å²) in [6.45, 7) is 4.21. The molecule has 0 spiro atoms. The number of rotatable bonds is 5. The summed E-state index contributed by atoms with van der Waals surface area (Å²) in [5, 5.41) is 12.1. The van der Waals surface area contributed by atoms with Crippen molar-refractivity contribution in [3.05, 3.63) is 35.9 Å². The van der Waals surface area contributed by atoms with Crippen molar-refractivity contribution in [2.24, 2.45) is 0 Å². The molecule has 5 heteroatoms. The van der Waals surface area contributed by atoms with Crippen LogP contribution in [0.25, 0.3) is 0 Å². The average Bonchev–Trinajstić information content (AvgIpc) is 2.48. The molecule has 1 aromatic rings. The van der Waals surface area contributed by atoms with Gasteiger partial charge in [-0.2, -0.15) is 0 Å². The summed E-state index contributed by atoms with van der Waals surface area (Å²) >= 11 is 0. The van der Waals surface area contributed by atoms with E-state index in [1.165, 1.54) is 0 Å². The lowest BCUT2D eigenvalue weighted by molar-refractivity contribution is -0.125. The number of morpholine rings is 1. The van der Waals surface area contributed by atoms with E-state index in [4.69, 9.17) is 9.84 Å². The molecule has 1 heterocycles. The topological polar surface area (TPSA) is 61.8 Å².